The van der Waals surface area contributed by atoms with Crippen LogP contribution < -0.4 is 15.2 Å². The van der Waals surface area contributed by atoms with Crippen LogP contribution in [-0.2, 0) is 9.84 Å². The fraction of sp³-hybridized carbons (Fsp3) is 0.273. The van der Waals surface area contributed by atoms with Crippen molar-refractivity contribution in [1.29, 1.82) is 0 Å². The van der Waals surface area contributed by atoms with E-state index in [0.717, 1.165) is 17.4 Å². The number of hydrogen-bond donors (Lipinski definition) is 1. The molecule has 33 heavy (non-hydrogen) atoms. The SMILES string of the molecule is CCOc1cc(C(CS(C)(=O)=O)n2c(=O)[nH]c3cc(-c4cncnc4)cnc32)ccc1OC. The van der Waals surface area contributed by atoms with Gasteiger partial charge in [0.15, 0.2) is 17.1 Å². The molecular weight excluding hydrogens is 446 g/mol. The quantitative estimate of drug-likeness (QED) is 0.416. The summed E-state index contributed by atoms with van der Waals surface area (Å²) in [7, 11) is -1.94. The van der Waals surface area contributed by atoms with Crippen molar-refractivity contribution in [3.8, 4) is 22.6 Å². The van der Waals surface area contributed by atoms with E-state index < -0.39 is 21.6 Å². The van der Waals surface area contributed by atoms with Gasteiger partial charge >= 0.3 is 5.69 Å². The minimum Gasteiger partial charge on any atom is -0.493 e. The summed E-state index contributed by atoms with van der Waals surface area (Å²) in [4.78, 5) is 28.3. The molecule has 0 aliphatic heterocycles. The van der Waals surface area contributed by atoms with Gasteiger partial charge in [-0.3, -0.25) is 4.57 Å². The molecule has 0 saturated heterocycles. The minimum atomic E-state index is -3.46. The number of hydrogen-bond acceptors (Lipinski definition) is 8. The first-order valence-electron chi connectivity index (χ1n) is 10.1. The Balaban J connectivity index is 1.88. The molecule has 0 spiro atoms. The number of aromatic amines is 1. The van der Waals surface area contributed by atoms with Gasteiger partial charge < -0.3 is 14.5 Å². The van der Waals surface area contributed by atoms with E-state index in [1.807, 2.05) is 6.92 Å². The normalized spacial score (nSPS) is 12.6. The van der Waals surface area contributed by atoms with Crippen LogP contribution in [-0.4, -0.2) is 58.6 Å². The van der Waals surface area contributed by atoms with E-state index >= 15 is 0 Å². The summed E-state index contributed by atoms with van der Waals surface area (Å²) >= 11 is 0. The van der Waals surface area contributed by atoms with Crippen molar-refractivity contribution >= 4 is 21.0 Å². The lowest BCUT2D eigenvalue weighted by Crippen LogP contribution is -2.28. The Labute approximate surface area is 190 Å². The monoisotopic (exact) mass is 469 g/mol. The molecule has 11 heteroatoms. The number of nitrogens with zero attached hydrogens (tertiary/aromatic N) is 4. The highest BCUT2D eigenvalue weighted by Gasteiger charge is 2.25. The van der Waals surface area contributed by atoms with Crippen LogP contribution in [0.1, 0.15) is 18.5 Å². The van der Waals surface area contributed by atoms with Gasteiger partial charge in [0.2, 0.25) is 0 Å². The van der Waals surface area contributed by atoms with Crippen LogP contribution in [0.25, 0.3) is 22.3 Å². The first kappa shape index (κ1) is 22.5. The first-order valence-corrected chi connectivity index (χ1v) is 12.2. The number of fused-ring (bicyclic) bond motifs is 1. The number of pyridine rings is 1. The molecule has 0 saturated carbocycles. The van der Waals surface area contributed by atoms with E-state index in [1.54, 1.807) is 42.9 Å². The van der Waals surface area contributed by atoms with E-state index in [-0.39, 0.29) is 5.75 Å². The van der Waals surface area contributed by atoms with Gasteiger partial charge in [-0.05, 0) is 30.7 Å². The van der Waals surface area contributed by atoms with E-state index in [4.69, 9.17) is 9.47 Å². The number of methoxy groups -OCH3 is 1. The first-order chi connectivity index (χ1) is 15.8. The van der Waals surface area contributed by atoms with Crippen molar-refractivity contribution in [2.24, 2.45) is 0 Å². The second-order valence-corrected chi connectivity index (χ2v) is 9.66. The summed E-state index contributed by atoms with van der Waals surface area (Å²) in [5.74, 6) is 0.675. The highest BCUT2D eigenvalue weighted by Crippen LogP contribution is 2.33. The van der Waals surface area contributed by atoms with Gasteiger partial charge in [0.05, 0.1) is 31.0 Å². The molecule has 4 aromatic rings. The lowest BCUT2D eigenvalue weighted by molar-refractivity contribution is 0.310. The smallest absolute Gasteiger partial charge is 0.328 e. The zero-order valence-corrected chi connectivity index (χ0v) is 19.2. The molecular formula is C22H23N5O5S. The van der Waals surface area contributed by atoms with Gasteiger partial charge in [-0.2, -0.15) is 0 Å². The van der Waals surface area contributed by atoms with Crippen LogP contribution >= 0.6 is 0 Å². The molecule has 1 N–H and O–H groups in total. The number of sulfone groups is 1. The average molecular weight is 470 g/mol. The number of benzene rings is 1. The maximum Gasteiger partial charge on any atom is 0.328 e. The van der Waals surface area contributed by atoms with Crippen LogP contribution in [0.15, 0.2) is 54.0 Å². The van der Waals surface area contributed by atoms with Gasteiger partial charge in [0.25, 0.3) is 0 Å². The molecule has 1 atom stereocenters. The highest BCUT2D eigenvalue weighted by molar-refractivity contribution is 7.90. The predicted octanol–water partition coefficient (Wildman–Crippen LogP) is 2.22. The van der Waals surface area contributed by atoms with Crippen LogP contribution in [0, 0.1) is 0 Å². The number of imidazole rings is 1. The lowest BCUT2D eigenvalue weighted by atomic mass is 10.1. The second kappa shape index (κ2) is 9.02. The lowest BCUT2D eigenvalue weighted by Gasteiger charge is -2.20. The second-order valence-electron chi connectivity index (χ2n) is 7.47. The summed E-state index contributed by atoms with van der Waals surface area (Å²) in [5, 5.41) is 0. The third-order valence-electron chi connectivity index (χ3n) is 5.09. The van der Waals surface area contributed by atoms with Crippen LogP contribution in [0.5, 0.6) is 11.5 Å². The maximum atomic E-state index is 13.0. The number of H-pyrrole nitrogens is 1. The Morgan fingerprint density at radius 2 is 1.85 bits per heavy atom. The molecule has 0 aliphatic carbocycles. The van der Waals surface area contributed by atoms with E-state index in [9.17, 15) is 13.2 Å². The number of rotatable bonds is 8. The third-order valence-corrected chi connectivity index (χ3v) is 6.01. The van der Waals surface area contributed by atoms with E-state index in [0.29, 0.717) is 34.8 Å². The maximum absolute atomic E-state index is 13.0. The molecule has 0 bridgehead atoms. The summed E-state index contributed by atoms with van der Waals surface area (Å²) in [6, 6.07) is 6.04. The van der Waals surface area contributed by atoms with Crippen molar-refractivity contribution in [3.05, 3.63) is 65.2 Å². The molecule has 1 unspecified atom stereocenters. The topological polar surface area (TPSA) is 129 Å². The Hall–Kier alpha value is -3.73. The minimum absolute atomic E-state index is 0.298. The van der Waals surface area contributed by atoms with E-state index in [1.165, 1.54) is 18.0 Å². The van der Waals surface area contributed by atoms with Gasteiger partial charge in [-0.1, -0.05) is 6.07 Å². The molecule has 4 rings (SSSR count). The molecule has 172 valence electrons. The molecule has 0 radical (unpaired) electrons. The number of aromatic nitrogens is 5. The van der Waals surface area contributed by atoms with Gasteiger partial charge in [-0.25, -0.2) is 28.2 Å². The summed E-state index contributed by atoms with van der Waals surface area (Å²) in [5.41, 5.74) is 2.38. The van der Waals surface area contributed by atoms with Crippen molar-refractivity contribution < 1.29 is 17.9 Å². The summed E-state index contributed by atoms with van der Waals surface area (Å²) in [6.07, 6.45) is 7.44. The van der Waals surface area contributed by atoms with Crippen LogP contribution in [0.3, 0.4) is 0 Å². The Morgan fingerprint density at radius 1 is 1.09 bits per heavy atom. The van der Waals surface area contributed by atoms with Crippen molar-refractivity contribution in [2.45, 2.75) is 13.0 Å². The Kier molecular flexibility index (Phi) is 6.14. The fourth-order valence-corrected chi connectivity index (χ4v) is 4.60. The molecule has 1 aromatic carbocycles. The molecule has 0 amide bonds. The molecule has 0 fully saturated rings. The fourth-order valence-electron chi connectivity index (χ4n) is 3.68. The molecule has 0 aliphatic rings. The molecule has 3 heterocycles. The average Bonchev–Trinajstić information content (AvgIpc) is 3.12. The zero-order valence-electron chi connectivity index (χ0n) is 18.3. The van der Waals surface area contributed by atoms with E-state index in [2.05, 4.69) is 19.9 Å². The molecule has 10 nitrogen and oxygen atoms in total. The number of ether oxygens (including phenoxy) is 2. The summed E-state index contributed by atoms with van der Waals surface area (Å²) < 4.78 is 37.0. The van der Waals surface area contributed by atoms with Gasteiger partial charge in [0, 0.05) is 36.0 Å². The molecule has 3 aromatic heterocycles. The Morgan fingerprint density at radius 3 is 2.52 bits per heavy atom. The van der Waals surface area contributed by atoms with Crippen LogP contribution in [0.2, 0.25) is 0 Å². The third kappa shape index (κ3) is 4.72. The largest absolute Gasteiger partial charge is 0.493 e. The zero-order chi connectivity index (χ0) is 23.6. The highest BCUT2D eigenvalue weighted by atomic mass is 32.2. The summed E-state index contributed by atoms with van der Waals surface area (Å²) in [6.45, 7) is 2.24. The Bertz CT molecular complexity index is 1450. The van der Waals surface area contributed by atoms with Crippen molar-refractivity contribution in [2.75, 3.05) is 25.7 Å². The van der Waals surface area contributed by atoms with Gasteiger partial charge in [0.1, 0.15) is 16.2 Å². The van der Waals surface area contributed by atoms with Gasteiger partial charge in [-0.15, -0.1) is 0 Å². The number of nitrogens with one attached hydrogen (secondary N) is 1. The van der Waals surface area contributed by atoms with Crippen LogP contribution in [0.4, 0.5) is 0 Å². The van der Waals surface area contributed by atoms with Crippen molar-refractivity contribution in [3.63, 3.8) is 0 Å². The van der Waals surface area contributed by atoms with Crippen molar-refractivity contribution in [1.82, 2.24) is 24.5 Å². The predicted molar refractivity (Wildman–Crippen MR) is 123 cm³/mol. The standard InChI is InChI=1S/C22H23N5O5S/c1-4-32-20-8-14(5-6-19(20)31-2)18(12-33(3,29)30)27-21-17(26-22(27)28)7-15(11-25-21)16-9-23-13-24-10-16/h5-11,13,18H,4,12H2,1-3H3,(H,26,28).